The first-order valence-corrected chi connectivity index (χ1v) is 11.9. The Kier molecular flexibility index (Phi) is 10.1. The van der Waals surface area contributed by atoms with Crippen molar-refractivity contribution in [3.05, 3.63) is 0 Å². The van der Waals surface area contributed by atoms with Crippen LogP contribution in [0.5, 0.6) is 0 Å². The summed E-state index contributed by atoms with van der Waals surface area (Å²) in [6.45, 7) is 9.55. The summed E-state index contributed by atoms with van der Waals surface area (Å²) in [6.07, 6.45) is 8.49. The molecule has 0 aromatic carbocycles. The molecule has 2 aliphatic carbocycles. The molecule has 1 N–H and O–H groups in total. The van der Waals surface area contributed by atoms with E-state index < -0.39 is 11.2 Å². The number of methoxy groups -OCH3 is 1. The van der Waals surface area contributed by atoms with E-state index in [-0.39, 0.29) is 18.5 Å². The highest BCUT2D eigenvalue weighted by Crippen LogP contribution is 2.53. The van der Waals surface area contributed by atoms with Gasteiger partial charge in [-0.2, -0.15) is 0 Å². The van der Waals surface area contributed by atoms with Gasteiger partial charge >= 0.3 is 12.1 Å². The Morgan fingerprint density at radius 2 is 1.52 bits per heavy atom. The SMILES string of the molecule is COC(=O)CCOC(C)(C)CCOC(C)(C)CNC(=O)OCC1C2CCCCCCC21. The molecule has 0 radical (unpaired) electrons. The van der Waals surface area contributed by atoms with Crippen LogP contribution in [0.25, 0.3) is 0 Å². The van der Waals surface area contributed by atoms with E-state index >= 15 is 0 Å². The van der Waals surface area contributed by atoms with Crippen LogP contribution in [0.3, 0.4) is 0 Å². The van der Waals surface area contributed by atoms with Gasteiger partial charge in [0.1, 0.15) is 0 Å². The molecule has 0 aromatic heterocycles. The maximum atomic E-state index is 12.1. The van der Waals surface area contributed by atoms with Crippen LogP contribution in [0.4, 0.5) is 4.79 Å². The van der Waals surface area contributed by atoms with E-state index in [0.29, 0.717) is 38.7 Å². The quantitative estimate of drug-likeness (QED) is 0.450. The number of carbonyl (C=O) groups excluding carboxylic acids is 2. The van der Waals surface area contributed by atoms with E-state index in [2.05, 4.69) is 10.1 Å². The predicted molar refractivity (Wildman–Crippen MR) is 119 cm³/mol. The van der Waals surface area contributed by atoms with Gasteiger partial charge in [0.05, 0.1) is 44.6 Å². The van der Waals surface area contributed by atoms with Gasteiger partial charge in [0.15, 0.2) is 0 Å². The number of rotatable bonds is 12. The van der Waals surface area contributed by atoms with Crippen molar-refractivity contribution in [3.8, 4) is 0 Å². The van der Waals surface area contributed by atoms with Crippen molar-refractivity contribution >= 4 is 12.1 Å². The smallest absolute Gasteiger partial charge is 0.407 e. The largest absolute Gasteiger partial charge is 0.469 e. The molecular weight excluding hydrogens is 398 g/mol. The molecule has 180 valence electrons. The van der Waals surface area contributed by atoms with Crippen LogP contribution in [0.2, 0.25) is 0 Å². The molecule has 2 aliphatic rings. The van der Waals surface area contributed by atoms with Gasteiger partial charge in [0, 0.05) is 6.54 Å². The average Bonchev–Trinajstić information content (AvgIpc) is 3.33. The number of fused-ring (bicyclic) bond motifs is 1. The number of carbonyl (C=O) groups is 2. The molecular formula is C24H43NO6. The number of nitrogens with one attached hydrogen (secondary N) is 1. The number of amides is 1. The van der Waals surface area contributed by atoms with Gasteiger partial charge in [-0.3, -0.25) is 4.79 Å². The summed E-state index contributed by atoms with van der Waals surface area (Å²) in [4.78, 5) is 23.3. The normalized spacial score (nSPS) is 23.8. The summed E-state index contributed by atoms with van der Waals surface area (Å²) < 4.78 is 21.8. The van der Waals surface area contributed by atoms with Crippen LogP contribution >= 0.6 is 0 Å². The topological polar surface area (TPSA) is 83.1 Å². The fourth-order valence-electron chi connectivity index (χ4n) is 4.46. The molecule has 0 heterocycles. The molecule has 2 fully saturated rings. The molecule has 2 rings (SSSR count). The van der Waals surface area contributed by atoms with Gasteiger partial charge in [-0.1, -0.05) is 25.7 Å². The summed E-state index contributed by atoms with van der Waals surface area (Å²) in [5.74, 6) is 1.82. The molecule has 1 amide bonds. The average molecular weight is 442 g/mol. The molecule has 0 spiro atoms. The summed E-state index contributed by atoms with van der Waals surface area (Å²) in [7, 11) is 1.37. The first-order valence-electron chi connectivity index (χ1n) is 11.9. The highest BCUT2D eigenvalue weighted by Gasteiger charge is 2.49. The Morgan fingerprint density at radius 3 is 2.13 bits per heavy atom. The monoisotopic (exact) mass is 441 g/mol. The Morgan fingerprint density at radius 1 is 0.903 bits per heavy atom. The molecule has 0 aromatic rings. The van der Waals surface area contributed by atoms with Crippen molar-refractivity contribution in [1.29, 1.82) is 0 Å². The lowest BCUT2D eigenvalue weighted by Gasteiger charge is -2.29. The van der Waals surface area contributed by atoms with E-state index in [9.17, 15) is 9.59 Å². The zero-order chi connectivity index (χ0) is 22.9. The van der Waals surface area contributed by atoms with Crippen LogP contribution < -0.4 is 5.32 Å². The van der Waals surface area contributed by atoms with Gasteiger partial charge in [-0.15, -0.1) is 0 Å². The molecule has 0 saturated heterocycles. The molecule has 31 heavy (non-hydrogen) atoms. The second-order valence-corrected chi connectivity index (χ2v) is 10.2. The van der Waals surface area contributed by atoms with Crippen LogP contribution in [-0.2, 0) is 23.7 Å². The molecule has 0 aliphatic heterocycles. The van der Waals surface area contributed by atoms with E-state index in [4.69, 9.17) is 14.2 Å². The third-order valence-corrected chi connectivity index (χ3v) is 6.62. The lowest BCUT2D eigenvalue weighted by molar-refractivity contribution is -0.143. The van der Waals surface area contributed by atoms with Gasteiger partial charge in [0.2, 0.25) is 0 Å². The van der Waals surface area contributed by atoms with E-state index in [1.165, 1.54) is 45.6 Å². The number of alkyl carbamates (subject to hydrolysis) is 1. The van der Waals surface area contributed by atoms with Crippen molar-refractivity contribution in [2.24, 2.45) is 17.8 Å². The van der Waals surface area contributed by atoms with Crippen LogP contribution in [0.15, 0.2) is 0 Å². The second kappa shape index (κ2) is 12.0. The number of hydrogen-bond donors (Lipinski definition) is 1. The van der Waals surface area contributed by atoms with Crippen molar-refractivity contribution in [2.75, 3.05) is 33.5 Å². The third kappa shape index (κ3) is 9.77. The summed E-state index contributed by atoms with van der Waals surface area (Å²) >= 11 is 0. The standard InChI is InChI=1S/C24H43NO6/c1-23(2,30-14-12-21(26)28-5)13-15-31-24(3,4)17-25-22(27)29-16-20-18-10-8-6-7-9-11-19(18)20/h18-20H,6-17H2,1-5H3,(H,25,27). The van der Waals surface area contributed by atoms with Crippen LogP contribution in [-0.4, -0.2) is 56.7 Å². The molecule has 2 atom stereocenters. The first kappa shape index (κ1) is 25.9. The van der Waals surface area contributed by atoms with E-state index in [1.807, 2.05) is 27.7 Å². The lowest BCUT2D eigenvalue weighted by Crippen LogP contribution is -2.41. The van der Waals surface area contributed by atoms with Crippen molar-refractivity contribution in [3.63, 3.8) is 0 Å². The van der Waals surface area contributed by atoms with Gasteiger partial charge in [-0.05, 0) is 64.7 Å². The van der Waals surface area contributed by atoms with Gasteiger partial charge in [0.25, 0.3) is 0 Å². The summed E-state index contributed by atoms with van der Waals surface area (Å²) in [5.41, 5.74) is -0.917. The highest BCUT2D eigenvalue weighted by molar-refractivity contribution is 5.69. The van der Waals surface area contributed by atoms with Crippen molar-refractivity contribution in [2.45, 2.75) is 90.3 Å². The molecule has 7 heteroatoms. The number of esters is 1. The minimum Gasteiger partial charge on any atom is -0.469 e. The number of ether oxygens (including phenoxy) is 4. The lowest BCUT2D eigenvalue weighted by atomic mass is 10.0. The summed E-state index contributed by atoms with van der Waals surface area (Å²) in [5, 5.41) is 2.84. The zero-order valence-corrected chi connectivity index (χ0v) is 20.2. The minimum absolute atomic E-state index is 0.237. The maximum absolute atomic E-state index is 12.1. The summed E-state index contributed by atoms with van der Waals surface area (Å²) in [6, 6.07) is 0. The fraction of sp³-hybridized carbons (Fsp3) is 0.917. The molecule has 2 unspecified atom stereocenters. The Hall–Kier alpha value is -1.34. The Bertz CT molecular complexity index is 562. The number of hydrogen-bond acceptors (Lipinski definition) is 6. The molecule has 2 saturated carbocycles. The van der Waals surface area contributed by atoms with Gasteiger partial charge < -0.3 is 24.3 Å². The van der Waals surface area contributed by atoms with Gasteiger partial charge in [-0.25, -0.2) is 4.79 Å². The van der Waals surface area contributed by atoms with Crippen LogP contribution in [0.1, 0.15) is 79.1 Å². The Balaban J connectivity index is 1.58. The van der Waals surface area contributed by atoms with Crippen molar-refractivity contribution in [1.82, 2.24) is 5.32 Å². The molecule has 7 nitrogen and oxygen atoms in total. The third-order valence-electron chi connectivity index (χ3n) is 6.62. The predicted octanol–water partition coefficient (Wildman–Crippen LogP) is 4.47. The van der Waals surface area contributed by atoms with Crippen molar-refractivity contribution < 1.29 is 28.5 Å². The Labute approximate surface area is 187 Å². The van der Waals surface area contributed by atoms with E-state index in [1.54, 1.807) is 0 Å². The highest BCUT2D eigenvalue weighted by atomic mass is 16.6. The fourth-order valence-corrected chi connectivity index (χ4v) is 4.46. The van der Waals surface area contributed by atoms with E-state index in [0.717, 1.165) is 11.8 Å². The molecule has 0 bridgehead atoms. The first-order chi connectivity index (χ1) is 14.6. The van der Waals surface area contributed by atoms with Crippen LogP contribution in [0, 0.1) is 17.8 Å². The maximum Gasteiger partial charge on any atom is 0.407 e. The second-order valence-electron chi connectivity index (χ2n) is 10.2. The zero-order valence-electron chi connectivity index (χ0n) is 20.2. The minimum atomic E-state index is -0.509.